The Bertz CT molecular complexity index is 532. The Hall–Kier alpha value is -1.95. The monoisotopic (exact) mass is 307 g/mol. The molecule has 0 aliphatic carbocycles. The average Bonchev–Trinajstić information content (AvgIpc) is 2.52. The molecule has 1 N–H and O–H groups in total. The number of carbonyl (C=O) groups excluding carboxylic acids is 1. The molecule has 0 saturated carbocycles. The first-order valence-corrected chi connectivity index (χ1v) is 7.46. The SMILES string of the molecule is COc1cc2c(cc1OC)CN(C(=O)NCCN(C)C)CC2. The number of hydrogen-bond acceptors (Lipinski definition) is 4. The fourth-order valence-electron chi connectivity index (χ4n) is 2.55. The lowest BCUT2D eigenvalue weighted by Crippen LogP contribution is -2.44. The molecule has 0 fully saturated rings. The molecule has 1 aromatic carbocycles. The van der Waals surface area contributed by atoms with Crippen molar-refractivity contribution in [2.45, 2.75) is 13.0 Å². The molecule has 1 aromatic rings. The maximum Gasteiger partial charge on any atom is 0.317 e. The number of urea groups is 1. The number of ether oxygens (including phenoxy) is 2. The molecule has 0 radical (unpaired) electrons. The van der Waals surface area contributed by atoms with Crippen molar-refractivity contribution in [2.75, 3.05) is 47.9 Å². The van der Waals surface area contributed by atoms with Gasteiger partial charge in [0.05, 0.1) is 14.2 Å². The number of rotatable bonds is 5. The zero-order valence-electron chi connectivity index (χ0n) is 13.8. The number of carbonyl (C=O) groups is 1. The van der Waals surface area contributed by atoms with Gasteiger partial charge in [-0.1, -0.05) is 0 Å². The van der Waals surface area contributed by atoms with E-state index in [9.17, 15) is 4.79 Å². The van der Waals surface area contributed by atoms with Gasteiger partial charge in [-0.25, -0.2) is 4.79 Å². The van der Waals surface area contributed by atoms with Crippen LogP contribution in [-0.4, -0.2) is 63.8 Å². The Morgan fingerprint density at radius 2 is 1.86 bits per heavy atom. The standard InChI is InChI=1S/C16H25N3O3/c1-18(2)8-6-17-16(20)19-7-5-12-9-14(21-3)15(22-4)10-13(12)11-19/h9-10H,5-8,11H2,1-4H3,(H,17,20). The van der Waals surface area contributed by atoms with Crippen LogP contribution in [0.15, 0.2) is 12.1 Å². The van der Waals surface area contributed by atoms with E-state index in [1.54, 1.807) is 14.2 Å². The number of nitrogens with zero attached hydrogens (tertiary/aromatic N) is 2. The molecule has 2 rings (SSSR count). The van der Waals surface area contributed by atoms with E-state index in [-0.39, 0.29) is 6.03 Å². The second-order valence-corrected chi connectivity index (χ2v) is 5.68. The molecule has 6 nitrogen and oxygen atoms in total. The van der Waals surface area contributed by atoms with Gasteiger partial charge in [-0.3, -0.25) is 0 Å². The number of benzene rings is 1. The summed E-state index contributed by atoms with van der Waals surface area (Å²) in [5, 5.41) is 2.96. The van der Waals surface area contributed by atoms with Gasteiger partial charge in [0.1, 0.15) is 0 Å². The summed E-state index contributed by atoms with van der Waals surface area (Å²) in [6.07, 6.45) is 0.830. The van der Waals surface area contributed by atoms with Crippen molar-refractivity contribution < 1.29 is 14.3 Å². The predicted molar refractivity (Wildman–Crippen MR) is 85.6 cm³/mol. The molecule has 1 heterocycles. The number of fused-ring (bicyclic) bond motifs is 1. The van der Waals surface area contributed by atoms with Crippen LogP contribution in [0.2, 0.25) is 0 Å². The summed E-state index contributed by atoms with van der Waals surface area (Å²) < 4.78 is 10.7. The summed E-state index contributed by atoms with van der Waals surface area (Å²) >= 11 is 0. The molecule has 0 spiro atoms. The summed E-state index contributed by atoms with van der Waals surface area (Å²) in [5.74, 6) is 1.45. The fourth-order valence-corrected chi connectivity index (χ4v) is 2.55. The maximum atomic E-state index is 12.2. The van der Waals surface area contributed by atoms with E-state index >= 15 is 0 Å². The van der Waals surface area contributed by atoms with Gasteiger partial charge in [-0.15, -0.1) is 0 Å². The number of amides is 2. The molecule has 0 unspecified atom stereocenters. The van der Waals surface area contributed by atoms with Crippen LogP contribution < -0.4 is 14.8 Å². The molecule has 2 amide bonds. The van der Waals surface area contributed by atoms with Crippen LogP contribution in [0.4, 0.5) is 4.79 Å². The van der Waals surface area contributed by atoms with Gasteiger partial charge in [0.2, 0.25) is 0 Å². The van der Waals surface area contributed by atoms with Gasteiger partial charge < -0.3 is 24.6 Å². The highest BCUT2D eigenvalue weighted by Crippen LogP contribution is 2.33. The van der Waals surface area contributed by atoms with Crippen LogP contribution in [0.25, 0.3) is 0 Å². The van der Waals surface area contributed by atoms with Crippen LogP contribution in [0, 0.1) is 0 Å². The van der Waals surface area contributed by atoms with Crippen molar-refractivity contribution in [3.05, 3.63) is 23.3 Å². The van der Waals surface area contributed by atoms with Gasteiger partial charge >= 0.3 is 6.03 Å². The first-order valence-electron chi connectivity index (χ1n) is 7.46. The smallest absolute Gasteiger partial charge is 0.317 e. The number of likely N-dealkylation sites (N-methyl/N-ethyl adjacent to an activating group) is 1. The second-order valence-electron chi connectivity index (χ2n) is 5.68. The predicted octanol–water partition coefficient (Wildman–Crippen LogP) is 1.33. The Balaban J connectivity index is 2.03. The fraction of sp³-hybridized carbons (Fsp3) is 0.562. The van der Waals surface area contributed by atoms with Crippen molar-refractivity contribution >= 4 is 6.03 Å². The minimum Gasteiger partial charge on any atom is -0.493 e. The van der Waals surface area contributed by atoms with E-state index in [4.69, 9.17) is 9.47 Å². The first-order chi connectivity index (χ1) is 10.5. The second kappa shape index (κ2) is 7.35. The minimum atomic E-state index is -0.0118. The first kappa shape index (κ1) is 16.4. The Morgan fingerprint density at radius 1 is 1.23 bits per heavy atom. The van der Waals surface area contributed by atoms with Crippen molar-refractivity contribution in [1.29, 1.82) is 0 Å². The van der Waals surface area contributed by atoms with E-state index < -0.39 is 0 Å². The topological polar surface area (TPSA) is 54.0 Å². The molecule has 0 atom stereocenters. The number of methoxy groups -OCH3 is 2. The van der Waals surface area contributed by atoms with Gasteiger partial charge in [-0.05, 0) is 43.8 Å². The largest absolute Gasteiger partial charge is 0.493 e. The quantitative estimate of drug-likeness (QED) is 0.892. The molecule has 22 heavy (non-hydrogen) atoms. The van der Waals surface area contributed by atoms with E-state index in [0.717, 1.165) is 30.8 Å². The molecule has 1 aliphatic rings. The lowest BCUT2D eigenvalue weighted by Gasteiger charge is -2.30. The van der Waals surface area contributed by atoms with Crippen LogP contribution in [0.3, 0.4) is 0 Å². The molecular weight excluding hydrogens is 282 g/mol. The van der Waals surface area contributed by atoms with Crippen molar-refractivity contribution in [1.82, 2.24) is 15.1 Å². The number of nitrogens with one attached hydrogen (secondary N) is 1. The summed E-state index contributed by atoms with van der Waals surface area (Å²) in [6.45, 7) is 2.81. The third kappa shape index (κ3) is 3.82. The Kier molecular flexibility index (Phi) is 5.49. The van der Waals surface area contributed by atoms with Crippen LogP contribution in [-0.2, 0) is 13.0 Å². The van der Waals surface area contributed by atoms with E-state index in [1.165, 1.54) is 5.56 Å². The summed E-state index contributed by atoms with van der Waals surface area (Å²) in [4.78, 5) is 16.1. The van der Waals surface area contributed by atoms with Crippen molar-refractivity contribution in [2.24, 2.45) is 0 Å². The van der Waals surface area contributed by atoms with E-state index in [1.807, 2.05) is 36.0 Å². The molecule has 122 valence electrons. The van der Waals surface area contributed by atoms with Gasteiger partial charge in [0, 0.05) is 26.2 Å². The van der Waals surface area contributed by atoms with Crippen LogP contribution >= 0.6 is 0 Å². The molecule has 6 heteroatoms. The molecule has 0 aromatic heterocycles. The molecule has 0 bridgehead atoms. The van der Waals surface area contributed by atoms with Crippen LogP contribution in [0.1, 0.15) is 11.1 Å². The summed E-state index contributed by atoms with van der Waals surface area (Å²) in [7, 11) is 7.24. The van der Waals surface area contributed by atoms with Crippen LogP contribution in [0.5, 0.6) is 11.5 Å². The normalized spacial score (nSPS) is 13.8. The zero-order chi connectivity index (χ0) is 16.1. The molecule has 1 aliphatic heterocycles. The Labute approximate surface area is 132 Å². The average molecular weight is 307 g/mol. The van der Waals surface area contributed by atoms with E-state index in [0.29, 0.717) is 18.8 Å². The maximum absolute atomic E-state index is 12.2. The van der Waals surface area contributed by atoms with Crippen molar-refractivity contribution in [3.63, 3.8) is 0 Å². The third-order valence-electron chi connectivity index (χ3n) is 3.84. The van der Waals surface area contributed by atoms with Gasteiger partial charge in [0.25, 0.3) is 0 Å². The summed E-state index contributed by atoms with van der Waals surface area (Å²) in [6, 6.07) is 3.96. The molecule has 0 saturated heterocycles. The lowest BCUT2D eigenvalue weighted by atomic mass is 9.99. The number of hydrogen-bond donors (Lipinski definition) is 1. The van der Waals surface area contributed by atoms with Gasteiger partial charge in [0.15, 0.2) is 11.5 Å². The third-order valence-corrected chi connectivity index (χ3v) is 3.84. The highest BCUT2D eigenvalue weighted by Gasteiger charge is 2.22. The minimum absolute atomic E-state index is 0.0118. The molecular formula is C16H25N3O3. The highest BCUT2D eigenvalue weighted by molar-refractivity contribution is 5.74. The zero-order valence-corrected chi connectivity index (χ0v) is 13.8. The Morgan fingerprint density at radius 3 is 2.45 bits per heavy atom. The summed E-state index contributed by atoms with van der Waals surface area (Å²) in [5.41, 5.74) is 2.33. The van der Waals surface area contributed by atoms with E-state index in [2.05, 4.69) is 5.32 Å². The van der Waals surface area contributed by atoms with Crippen molar-refractivity contribution in [3.8, 4) is 11.5 Å². The lowest BCUT2D eigenvalue weighted by molar-refractivity contribution is 0.191. The van der Waals surface area contributed by atoms with Gasteiger partial charge in [-0.2, -0.15) is 0 Å². The highest BCUT2D eigenvalue weighted by atomic mass is 16.5.